The minimum Gasteiger partial charge on any atom is -0.481 e. The zero-order chi connectivity index (χ0) is 26.0. The minimum atomic E-state index is -1.09. The summed E-state index contributed by atoms with van der Waals surface area (Å²) in [6.07, 6.45) is 7.78. The zero-order valence-corrected chi connectivity index (χ0v) is 23.4. The third-order valence-electron chi connectivity index (χ3n) is 12.0. The maximum absolute atomic E-state index is 16.6. The molecule has 0 saturated heterocycles. The standard InChI is InChI=1S/C31H51FO3/c1-19(2)9-8-10-20(3)23-17-25(32)31(18-27(34)35)22-11-12-24-28(4,5)26(33)14-15-29(24,6)21(22)13-16-30(23,31)7/h19-20,23-26,33H,8-18H2,1-7H3,(H,34,35)/t20-,23-,24?,25?,26+,29-,30-,31-/m1/s1. The van der Waals surface area contributed by atoms with Gasteiger partial charge in [0, 0.05) is 5.41 Å². The third kappa shape index (κ3) is 3.94. The average Bonchev–Trinajstić information content (AvgIpc) is 2.98. The summed E-state index contributed by atoms with van der Waals surface area (Å²) in [4.78, 5) is 12.4. The molecule has 0 amide bonds. The van der Waals surface area contributed by atoms with E-state index < -0.39 is 17.6 Å². The van der Waals surface area contributed by atoms with Gasteiger partial charge in [-0.1, -0.05) is 78.9 Å². The number of carboxylic acid groups (broad SMARTS) is 1. The maximum Gasteiger partial charge on any atom is 0.304 e. The highest BCUT2D eigenvalue weighted by Gasteiger charge is 2.69. The molecule has 0 heterocycles. The molecule has 0 aliphatic heterocycles. The summed E-state index contributed by atoms with van der Waals surface area (Å²) in [5.41, 5.74) is 1.13. The second-order valence-electron chi connectivity index (χ2n) is 14.4. The van der Waals surface area contributed by atoms with Crippen molar-refractivity contribution in [1.29, 1.82) is 0 Å². The summed E-state index contributed by atoms with van der Waals surface area (Å²) in [6, 6.07) is 0. The van der Waals surface area contributed by atoms with E-state index in [9.17, 15) is 15.0 Å². The molecule has 2 fully saturated rings. The lowest BCUT2D eigenvalue weighted by atomic mass is 9.42. The topological polar surface area (TPSA) is 57.5 Å². The number of allylic oxidation sites excluding steroid dienone is 2. The number of carboxylic acids is 1. The van der Waals surface area contributed by atoms with E-state index in [2.05, 4.69) is 48.5 Å². The summed E-state index contributed by atoms with van der Waals surface area (Å²) in [5.74, 6) is 0.818. The Morgan fingerprint density at radius 1 is 1.03 bits per heavy atom. The monoisotopic (exact) mass is 490 g/mol. The van der Waals surface area contributed by atoms with Crippen LogP contribution in [-0.2, 0) is 4.79 Å². The number of aliphatic hydroxyl groups excluding tert-OH is 1. The highest BCUT2D eigenvalue weighted by atomic mass is 19.1. The molecule has 35 heavy (non-hydrogen) atoms. The van der Waals surface area contributed by atoms with Crippen LogP contribution in [0.2, 0.25) is 0 Å². The summed E-state index contributed by atoms with van der Waals surface area (Å²) < 4.78 is 16.6. The second-order valence-corrected chi connectivity index (χ2v) is 14.4. The Labute approximate surface area is 213 Å². The van der Waals surface area contributed by atoms with Crippen LogP contribution in [0.15, 0.2) is 11.1 Å². The van der Waals surface area contributed by atoms with Crippen LogP contribution in [0.3, 0.4) is 0 Å². The summed E-state index contributed by atoms with van der Waals surface area (Å²) in [7, 11) is 0. The Balaban J connectivity index is 1.77. The van der Waals surface area contributed by atoms with E-state index in [-0.39, 0.29) is 34.7 Å². The van der Waals surface area contributed by atoms with Crippen molar-refractivity contribution >= 4 is 5.97 Å². The van der Waals surface area contributed by atoms with Crippen LogP contribution in [0, 0.1) is 45.3 Å². The Morgan fingerprint density at radius 3 is 2.34 bits per heavy atom. The highest BCUT2D eigenvalue weighted by Crippen LogP contribution is 2.74. The summed E-state index contributed by atoms with van der Waals surface area (Å²) >= 11 is 0. The normalized spacial score (nSPS) is 43.5. The average molecular weight is 491 g/mol. The van der Waals surface area contributed by atoms with Gasteiger partial charge in [0.05, 0.1) is 12.5 Å². The molecule has 4 aliphatic carbocycles. The Morgan fingerprint density at radius 2 is 1.71 bits per heavy atom. The Bertz CT molecular complexity index is 861. The largest absolute Gasteiger partial charge is 0.481 e. The molecule has 0 aromatic rings. The summed E-state index contributed by atoms with van der Waals surface area (Å²) in [6.45, 7) is 15.8. The molecule has 4 heteroatoms. The predicted molar refractivity (Wildman–Crippen MR) is 140 cm³/mol. The van der Waals surface area contributed by atoms with Crippen molar-refractivity contribution in [3.63, 3.8) is 0 Å². The zero-order valence-electron chi connectivity index (χ0n) is 23.4. The number of aliphatic carboxylic acids is 1. The van der Waals surface area contributed by atoms with Crippen LogP contribution in [0.1, 0.15) is 119 Å². The van der Waals surface area contributed by atoms with Crippen molar-refractivity contribution in [2.24, 2.45) is 45.3 Å². The van der Waals surface area contributed by atoms with Gasteiger partial charge in [0.15, 0.2) is 0 Å². The lowest BCUT2D eigenvalue weighted by molar-refractivity contribution is -0.144. The molecule has 0 radical (unpaired) electrons. The molecule has 4 rings (SSSR count). The van der Waals surface area contributed by atoms with Crippen LogP contribution < -0.4 is 0 Å². The summed E-state index contributed by atoms with van der Waals surface area (Å²) in [5, 5.41) is 21.0. The van der Waals surface area contributed by atoms with Crippen LogP contribution in [-0.4, -0.2) is 28.5 Å². The second kappa shape index (κ2) is 9.14. The van der Waals surface area contributed by atoms with Gasteiger partial charge in [0.25, 0.3) is 0 Å². The fourth-order valence-corrected chi connectivity index (χ4v) is 10.1. The molecule has 2 unspecified atom stereocenters. The van der Waals surface area contributed by atoms with Gasteiger partial charge >= 0.3 is 5.97 Å². The number of halogens is 1. The van der Waals surface area contributed by atoms with E-state index in [1.807, 2.05) is 0 Å². The van der Waals surface area contributed by atoms with Gasteiger partial charge in [-0.15, -0.1) is 0 Å². The van der Waals surface area contributed by atoms with E-state index >= 15 is 4.39 Å². The van der Waals surface area contributed by atoms with Crippen molar-refractivity contribution < 1.29 is 19.4 Å². The molecule has 2 N–H and O–H groups in total. The van der Waals surface area contributed by atoms with Crippen LogP contribution in [0.25, 0.3) is 0 Å². The molecule has 0 spiro atoms. The first kappa shape index (κ1) is 27.1. The SMILES string of the molecule is CC(C)CCC[C@@H](C)[C@H]1CC(F)[C@@]2(CC(=O)O)C3=C(CC[C@]12C)[C@@]1(C)CC[C@H](O)C(C)(C)C1CC3. The van der Waals surface area contributed by atoms with Gasteiger partial charge in [-0.25, -0.2) is 4.39 Å². The lowest BCUT2D eigenvalue weighted by Gasteiger charge is -2.62. The van der Waals surface area contributed by atoms with E-state index in [1.54, 1.807) is 0 Å². The van der Waals surface area contributed by atoms with Crippen LogP contribution >= 0.6 is 0 Å². The molecule has 4 aliphatic rings. The smallest absolute Gasteiger partial charge is 0.304 e. The van der Waals surface area contributed by atoms with Crippen molar-refractivity contribution in [3.05, 3.63) is 11.1 Å². The number of rotatable bonds is 7. The minimum absolute atomic E-state index is 0.0656. The predicted octanol–water partition coefficient (Wildman–Crippen LogP) is 7.96. The number of aliphatic hydroxyl groups is 1. The van der Waals surface area contributed by atoms with Crippen molar-refractivity contribution in [3.8, 4) is 0 Å². The Hall–Kier alpha value is -0.900. The van der Waals surface area contributed by atoms with Crippen LogP contribution in [0.5, 0.6) is 0 Å². The number of fused-ring (bicyclic) bond motifs is 4. The van der Waals surface area contributed by atoms with E-state index in [4.69, 9.17) is 0 Å². The van der Waals surface area contributed by atoms with Gasteiger partial charge in [0.2, 0.25) is 0 Å². The van der Waals surface area contributed by atoms with Crippen molar-refractivity contribution in [1.82, 2.24) is 0 Å². The molecule has 8 atom stereocenters. The molecule has 2 saturated carbocycles. The molecular weight excluding hydrogens is 439 g/mol. The van der Waals surface area contributed by atoms with Gasteiger partial charge in [-0.3, -0.25) is 4.79 Å². The molecule has 0 aromatic carbocycles. The first-order chi connectivity index (χ1) is 16.2. The van der Waals surface area contributed by atoms with E-state index in [1.165, 1.54) is 24.0 Å². The van der Waals surface area contributed by atoms with E-state index in [0.717, 1.165) is 44.9 Å². The maximum atomic E-state index is 16.6. The fourth-order valence-electron chi connectivity index (χ4n) is 10.1. The quantitative estimate of drug-likeness (QED) is 0.356. The first-order valence-corrected chi connectivity index (χ1v) is 14.5. The molecule has 3 nitrogen and oxygen atoms in total. The Kier molecular flexibility index (Phi) is 7.09. The first-order valence-electron chi connectivity index (χ1n) is 14.5. The third-order valence-corrected chi connectivity index (χ3v) is 12.0. The molecular formula is C31H51FO3. The van der Waals surface area contributed by atoms with Gasteiger partial charge < -0.3 is 10.2 Å². The number of hydrogen-bond acceptors (Lipinski definition) is 2. The van der Waals surface area contributed by atoms with Crippen molar-refractivity contribution in [2.75, 3.05) is 0 Å². The van der Waals surface area contributed by atoms with Crippen LogP contribution in [0.4, 0.5) is 4.39 Å². The fraction of sp³-hybridized carbons (Fsp3) is 0.903. The lowest BCUT2D eigenvalue weighted by Crippen LogP contribution is -2.57. The van der Waals surface area contributed by atoms with E-state index in [0.29, 0.717) is 24.2 Å². The molecule has 0 aromatic heterocycles. The number of hydrogen-bond donors (Lipinski definition) is 2. The van der Waals surface area contributed by atoms with Gasteiger partial charge in [-0.05, 0) is 84.9 Å². The highest BCUT2D eigenvalue weighted by molar-refractivity contribution is 5.70. The molecule has 200 valence electrons. The van der Waals surface area contributed by atoms with Crippen molar-refractivity contribution in [2.45, 2.75) is 131 Å². The van der Waals surface area contributed by atoms with Gasteiger partial charge in [-0.2, -0.15) is 0 Å². The van der Waals surface area contributed by atoms with Gasteiger partial charge in [0.1, 0.15) is 6.17 Å². The number of alkyl halides is 1. The molecule has 0 bridgehead atoms. The number of carbonyl (C=O) groups is 1.